The molecule has 2 rings (SSSR count). The maximum atomic E-state index is 12.8. The summed E-state index contributed by atoms with van der Waals surface area (Å²) in [5, 5.41) is 5.40. The molecule has 1 saturated heterocycles. The molecule has 1 atom stereocenters. The average molecular weight is 484 g/mol. The fourth-order valence-corrected chi connectivity index (χ4v) is 4.57. The van der Waals surface area contributed by atoms with Gasteiger partial charge in [0.1, 0.15) is 0 Å². The summed E-state index contributed by atoms with van der Waals surface area (Å²) in [5.41, 5.74) is 0.479. The van der Waals surface area contributed by atoms with Crippen molar-refractivity contribution < 1.29 is 27.5 Å². The van der Waals surface area contributed by atoms with Crippen LogP contribution in [0, 0.1) is 0 Å². The van der Waals surface area contributed by atoms with Crippen LogP contribution in [0.2, 0.25) is 0 Å². The SMILES string of the molecule is COCCCNC(=O)CN1CCN(C(=O)[C@H](C)NS(=O)(=O)c2ccc(NC(C)=O)cc2)CC1. The van der Waals surface area contributed by atoms with Crippen LogP contribution in [0.3, 0.4) is 0 Å². The third-order valence-corrected chi connectivity index (χ3v) is 6.64. The van der Waals surface area contributed by atoms with Crippen LogP contribution in [0.5, 0.6) is 0 Å². The molecule has 0 spiro atoms. The van der Waals surface area contributed by atoms with E-state index < -0.39 is 16.1 Å². The Morgan fingerprint density at radius 2 is 1.73 bits per heavy atom. The number of nitrogens with zero attached hydrogens (tertiary/aromatic N) is 2. The van der Waals surface area contributed by atoms with Gasteiger partial charge in [-0.1, -0.05) is 0 Å². The first kappa shape index (κ1) is 26.7. The smallest absolute Gasteiger partial charge is 0.241 e. The summed E-state index contributed by atoms with van der Waals surface area (Å²) in [7, 11) is -2.30. The van der Waals surface area contributed by atoms with E-state index in [-0.39, 0.29) is 29.2 Å². The van der Waals surface area contributed by atoms with Crippen LogP contribution < -0.4 is 15.4 Å². The molecule has 3 amide bonds. The second kappa shape index (κ2) is 12.6. The lowest BCUT2D eigenvalue weighted by Gasteiger charge is -2.35. The number of sulfonamides is 1. The van der Waals surface area contributed by atoms with Gasteiger partial charge in [-0.2, -0.15) is 4.72 Å². The Labute approximate surface area is 194 Å². The van der Waals surface area contributed by atoms with Gasteiger partial charge in [0, 0.05) is 59.1 Å². The molecule has 33 heavy (non-hydrogen) atoms. The lowest BCUT2D eigenvalue weighted by Crippen LogP contribution is -2.55. The lowest BCUT2D eigenvalue weighted by molar-refractivity contribution is -0.134. The number of hydrogen-bond acceptors (Lipinski definition) is 7. The van der Waals surface area contributed by atoms with Gasteiger partial charge in [-0.15, -0.1) is 0 Å². The zero-order valence-electron chi connectivity index (χ0n) is 19.3. The van der Waals surface area contributed by atoms with E-state index in [9.17, 15) is 22.8 Å². The normalized spacial score (nSPS) is 15.7. The van der Waals surface area contributed by atoms with Gasteiger partial charge in [-0.25, -0.2) is 8.42 Å². The van der Waals surface area contributed by atoms with E-state index in [0.717, 1.165) is 6.42 Å². The van der Waals surface area contributed by atoms with E-state index in [1.54, 1.807) is 12.0 Å². The number of benzene rings is 1. The molecule has 0 unspecified atom stereocenters. The number of nitrogens with one attached hydrogen (secondary N) is 3. The van der Waals surface area contributed by atoms with Gasteiger partial charge >= 0.3 is 0 Å². The van der Waals surface area contributed by atoms with Crippen molar-refractivity contribution in [3.8, 4) is 0 Å². The van der Waals surface area contributed by atoms with Crippen molar-refractivity contribution in [2.24, 2.45) is 0 Å². The largest absolute Gasteiger partial charge is 0.385 e. The predicted molar refractivity (Wildman–Crippen MR) is 123 cm³/mol. The Morgan fingerprint density at radius 1 is 1.09 bits per heavy atom. The first-order chi connectivity index (χ1) is 15.6. The minimum Gasteiger partial charge on any atom is -0.385 e. The molecule has 3 N–H and O–H groups in total. The molecule has 1 aliphatic heterocycles. The van der Waals surface area contributed by atoms with Gasteiger partial charge in [-0.05, 0) is 37.6 Å². The highest BCUT2D eigenvalue weighted by atomic mass is 32.2. The summed E-state index contributed by atoms with van der Waals surface area (Å²) in [6.45, 7) is 6.14. The first-order valence-electron chi connectivity index (χ1n) is 10.8. The van der Waals surface area contributed by atoms with Crippen LogP contribution in [0.1, 0.15) is 20.3 Å². The maximum absolute atomic E-state index is 12.8. The molecule has 1 aliphatic rings. The number of hydrogen-bond donors (Lipinski definition) is 3. The van der Waals surface area contributed by atoms with Crippen LogP contribution in [-0.2, 0) is 29.1 Å². The van der Waals surface area contributed by atoms with Crippen molar-refractivity contribution in [2.45, 2.75) is 31.2 Å². The van der Waals surface area contributed by atoms with Gasteiger partial charge < -0.3 is 20.3 Å². The quantitative estimate of drug-likeness (QED) is 0.365. The summed E-state index contributed by atoms with van der Waals surface area (Å²) in [6.07, 6.45) is 0.748. The third kappa shape index (κ3) is 8.72. The van der Waals surface area contributed by atoms with Crippen molar-refractivity contribution in [1.29, 1.82) is 0 Å². The number of carbonyl (C=O) groups excluding carboxylic acids is 3. The fourth-order valence-electron chi connectivity index (χ4n) is 3.38. The van der Waals surface area contributed by atoms with Crippen LogP contribution in [-0.4, -0.2) is 95.0 Å². The average Bonchev–Trinajstić information content (AvgIpc) is 2.76. The second-order valence-corrected chi connectivity index (χ2v) is 9.56. The molecular weight excluding hydrogens is 450 g/mol. The topological polar surface area (TPSA) is 137 Å². The van der Waals surface area contributed by atoms with Gasteiger partial charge in [-0.3, -0.25) is 19.3 Å². The Kier molecular flexibility index (Phi) is 10.2. The van der Waals surface area contributed by atoms with E-state index in [1.807, 2.05) is 4.90 Å². The molecule has 0 aromatic heterocycles. The molecule has 1 aromatic rings. The zero-order valence-corrected chi connectivity index (χ0v) is 20.1. The fraction of sp³-hybridized carbons (Fsp3) is 0.571. The summed E-state index contributed by atoms with van der Waals surface area (Å²) in [6, 6.07) is 4.75. The van der Waals surface area contributed by atoms with Crippen LogP contribution in [0.15, 0.2) is 29.2 Å². The van der Waals surface area contributed by atoms with Crippen molar-refractivity contribution in [1.82, 2.24) is 19.8 Å². The molecular formula is C21H33N5O6S. The summed E-state index contributed by atoms with van der Waals surface area (Å²) < 4.78 is 32.6. The second-order valence-electron chi connectivity index (χ2n) is 7.85. The Bertz CT molecular complexity index is 914. The number of carbonyl (C=O) groups is 3. The summed E-state index contributed by atoms with van der Waals surface area (Å²) in [5.74, 6) is -0.653. The van der Waals surface area contributed by atoms with Gasteiger partial charge in [0.05, 0.1) is 17.5 Å². The van der Waals surface area contributed by atoms with E-state index >= 15 is 0 Å². The Balaban J connectivity index is 1.81. The highest BCUT2D eigenvalue weighted by Crippen LogP contribution is 2.15. The summed E-state index contributed by atoms with van der Waals surface area (Å²) >= 11 is 0. The van der Waals surface area contributed by atoms with Crippen molar-refractivity contribution in [3.05, 3.63) is 24.3 Å². The molecule has 0 aliphatic carbocycles. The molecule has 0 bridgehead atoms. The van der Waals surface area contributed by atoms with Crippen molar-refractivity contribution >= 4 is 33.4 Å². The lowest BCUT2D eigenvalue weighted by atomic mass is 10.2. The van der Waals surface area contributed by atoms with E-state index in [2.05, 4.69) is 15.4 Å². The van der Waals surface area contributed by atoms with Gasteiger partial charge in [0.2, 0.25) is 27.7 Å². The van der Waals surface area contributed by atoms with Crippen LogP contribution in [0.25, 0.3) is 0 Å². The van der Waals surface area contributed by atoms with E-state index in [0.29, 0.717) is 45.0 Å². The van der Waals surface area contributed by atoms with Crippen LogP contribution >= 0.6 is 0 Å². The predicted octanol–water partition coefficient (Wildman–Crippen LogP) is -0.391. The number of anilines is 1. The number of methoxy groups -OCH3 is 1. The number of ether oxygens (including phenoxy) is 1. The molecule has 11 nitrogen and oxygen atoms in total. The standard InChI is InChI=1S/C21H33N5O6S/c1-16(24-33(30,31)19-7-5-18(6-8-19)23-17(2)27)21(29)26-12-10-25(11-13-26)15-20(28)22-9-4-14-32-3/h5-8,16,24H,4,9-15H2,1-3H3,(H,22,28)(H,23,27)/t16-/m0/s1. The minimum absolute atomic E-state index is 0.00224. The molecule has 184 valence electrons. The number of rotatable bonds is 11. The molecule has 1 fully saturated rings. The molecule has 1 heterocycles. The van der Waals surface area contributed by atoms with E-state index in [1.165, 1.54) is 38.1 Å². The Morgan fingerprint density at radius 3 is 2.30 bits per heavy atom. The molecule has 0 radical (unpaired) electrons. The Hall–Kier alpha value is -2.54. The zero-order chi connectivity index (χ0) is 24.4. The highest BCUT2D eigenvalue weighted by Gasteiger charge is 2.28. The molecule has 1 aromatic carbocycles. The number of amides is 3. The molecule has 12 heteroatoms. The third-order valence-electron chi connectivity index (χ3n) is 5.09. The monoisotopic (exact) mass is 483 g/mol. The first-order valence-corrected chi connectivity index (χ1v) is 12.3. The molecule has 0 saturated carbocycles. The van der Waals surface area contributed by atoms with Crippen molar-refractivity contribution in [2.75, 3.05) is 58.3 Å². The van der Waals surface area contributed by atoms with Gasteiger partial charge in [0.25, 0.3) is 0 Å². The van der Waals surface area contributed by atoms with Crippen molar-refractivity contribution in [3.63, 3.8) is 0 Å². The minimum atomic E-state index is -3.91. The van der Waals surface area contributed by atoms with Gasteiger partial charge in [0.15, 0.2) is 0 Å². The number of piperazine rings is 1. The van der Waals surface area contributed by atoms with E-state index in [4.69, 9.17) is 4.74 Å². The van der Waals surface area contributed by atoms with Crippen LogP contribution in [0.4, 0.5) is 5.69 Å². The highest BCUT2D eigenvalue weighted by molar-refractivity contribution is 7.89. The summed E-state index contributed by atoms with van der Waals surface area (Å²) in [4.78, 5) is 39.4. The maximum Gasteiger partial charge on any atom is 0.241 e.